The molecule has 3 N–H and O–H groups in total. The highest BCUT2D eigenvalue weighted by molar-refractivity contribution is 5.91. The zero-order valence-corrected chi connectivity index (χ0v) is 22.5. The Hall–Kier alpha value is -4.58. The van der Waals surface area contributed by atoms with Crippen molar-refractivity contribution in [2.24, 2.45) is 0 Å². The molecule has 0 radical (unpaired) electrons. The minimum absolute atomic E-state index is 0.0695. The SMILES string of the molecule is C=CC(=O)N1CCC(c2n[nH]c3ncnc(Nc4ccc(Oc5ccnc(NC6CCOCC6)c5)cc4F)c23)CC1. The molecule has 1 aromatic carbocycles. The molecule has 2 aliphatic heterocycles. The third-order valence-corrected chi connectivity index (χ3v) is 7.49. The van der Waals surface area contributed by atoms with Crippen LogP contribution in [0, 0.1) is 5.82 Å². The van der Waals surface area contributed by atoms with Crippen molar-refractivity contribution in [3.63, 3.8) is 0 Å². The van der Waals surface area contributed by atoms with Gasteiger partial charge < -0.3 is 25.0 Å². The summed E-state index contributed by atoms with van der Waals surface area (Å²) < 4.78 is 26.6. The van der Waals surface area contributed by atoms with Gasteiger partial charge in [-0.3, -0.25) is 9.89 Å². The van der Waals surface area contributed by atoms with E-state index in [4.69, 9.17) is 9.47 Å². The number of H-pyrrole nitrogens is 1. The second-order valence-corrected chi connectivity index (χ2v) is 10.1. The van der Waals surface area contributed by atoms with Crippen molar-refractivity contribution in [2.75, 3.05) is 36.9 Å². The number of rotatable bonds is 8. The van der Waals surface area contributed by atoms with Crippen LogP contribution in [-0.2, 0) is 9.53 Å². The van der Waals surface area contributed by atoms with E-state index in [1.165, 1.54) is 18.5 Å². The minimum Gasteiger partial charge on any atom is -0.457 e. The summed E-state index contributed by atoms with van der Waals surface area (Å²) in [5.74, 6) is 1.61. The van der Waals surface area contributed by atoms with Crippen LogP contribution in [0.1, 0.15) is 37.3 Å². The molecule has 4 aromatic rings. The number of aromatic nitrogens is 5. The van der Waals surface area contributed by atoms with E-state index in [2.05, 4.69) is 42.4 Å². The Morgan fingerprint density at radius 2 is 1.90 bits per heavy atom. The van der Waals surface area contributed by atoms with Crippen molar-refractivity contribution in [3.8, 4) is 11.5 Å². The molecular formula is C29H31FN8O3. The first-order chi connectivity index (χ1) is 20.1. The number of nitrogens with one attached hydrogen (secondary N) is 3. The van der Waals surface area contributed by atoms with Gasteiger partial charge in [-0.05, 0) is 50.0 Å². The molecule has 0 atom stereocenters. The van der Waals surface area contributed by atoms with E-state index in [1.807, 2.05) is 0 Å². The summed E-state index contributed by atoms with van der Waals surface area (Å²) in [6.45, 7) is 6.26. The second-order valence-electron chi connectivity index (χ2n) is 10.1. The van der Waals surface area contributed by atoms with Crippen molar-refractivity contribution in [3.05, 3.63) is 67.0 Å². The molecule has 2 fully saturated rings. The van der Waals surface area contributed by atoms with Crippen LogP contribution in [0.3, 0.4) is 0 Å². The topological polar surface area (TPSA) is 130 Å². The summed E-state index contributed by atoms with van der Waals surface area (Å²) in [7, 11) is 0. The van der Waals surface area contributed by atoms with Crippen LogP contribution in [0.15, 0.2) is 55.5 Å². The van der Waals surface area contributed by atoms with E-state index >= 15 is 4.39 Å². The van der Waals surface area contributed by atoms with Gasteiger partial charge in [-0.2, -0.15) is 5.10 Å². The largest absolute Gasteiger partial charge is 0.457 e. The maximum absolute atomic E-state index is 15.3. The number of anilines is 3. The summed E-state index contributed by atoms with van der Waals surface area (Å²) >= 11 is 0. The molecule has 6 rings (SSSR count). The predicted octanol–water partition coefficient (Wildman–Crippen LogP) is 4.91. The number of aromatic amines is 1. The zero-order chi connectivity index (χ0) is 28.2. The van der Waals surface area contributed by atoms with Gasteiger partial charge in [0.1, 0.15) is 35.3 Å². The number of amides is 1. The number of carbonyl (C=O) groups excluding carboxylic acids is 1. The Morgan fingerprint density at radius 3 is 2.68 bits per heavy atom. The van der Waals surface area contributed by atoms with Crippen molar-refractivity contribution in [1.29, 1.82) is 0 Å². The van der Waals surface area contributed by atoms with E-state index in [9.17, 15) is 4.79 Å². The van der Waals surface area contributed by atoms with Crippen LogP contribution in [-0.4, -0.2) is 68.3 Å². The number of hydrogen-bond donors (Lipinski definition) is 3. The minimum atomic E-state index is -0.495. The first kappa shape index (κ1) is 26.6. The Labute approximate surface area is 236 Å². The van der Waals surface area contributed by atoms with E-state index in [-0.39, 0.29) is 17.5 Å². The number of pyridine rings is 1. The zero-order valence-electron chi connectivity index (χ0n) is 22.5. The van der Waals surface area contributed by atoms with Crippen molar-refractivity contribution >= 4 is 34.3 Å². The summed E-state index contributed by atoms with van der Waals surface area (Å²) in [5, 5.41) is 14.7. The highest BCUT2D eigenvalue weighted by Gasteiger charge is 2.27. The lowest BCUT2D eigenvalue weighted by molar-refractivity contribution is -0.127. The summed E-state index contributed by atoms with van der Waals surface area (Å²) in [5.41, 5.74) is 1.61. The lowest BCUT2D eigenvalue weighted by Crippen LogP contribution is -2.36. The maximum atomic E-state index is 15.3. The molecule has 0 spiro atoms. The molecule has 12 heteroatoms. The quantitative estimate of drug-likeness (QED) is 0.258. The Morgan fingerprint density at radius 1 is 1.10 bits per heavy atom. The molecule has 0 unspecified atom stereocenters. The molecule has 11 nitrogen and oxygen atoms in total. The van der Waals surface area contributed by atoms with Crippen molar-refractivity contribution in [1.82, 2.24) is 30.0 Å². The molecular weight excluding hydrogens is 527 g/mol. The molecule has 2 saturated heterocycles. The van der Waals surface area contributed by atoms with Gasteiger partial charge in [0.05, 0.1) is 16.8 Å². The van der Waals surface area contributed by atoms with Gasteiger partial charge in [0.15, 0.2) is 5.65 Å². The summed E-state index contributed by atoms with van der Waals surface area (Å²) in [4.78, 5) is 26.8. The van der Waals surface area contributed by atoms with Gasteiger partial charge in [-0.15, -0.1) is 0 Å². The van der Waals surface area contributed by atoms with Crippen molar-refractivity contribution < 1.29 is 18.7 Å². The number of piperidine rings is 1. The van der Waals surface area contributed by atoms with Gasteiger partial charge >= 0.3 is 0 Å². The number of ether oxygens (including phenoxy) is 2. The molecule has 0 saturated carbocycles. The molecule has 2 aliphatic rings. The van der Waals surface area contributed by atoms with E-state index in [0.717, 1.165) is 44.6 Å². The first-order valence-electron chi connectivity index (χ1n) is 13.7. The fourth-order valence-electron chi connectivity index (χ4n) is 5.30. The van der Waals surface area contributed by atoms with Gasteiger partial charge in [0.25, 0.3) is 0 Å². The van der Waals surface area contributed by atoms with Crippen LogP contribution >= 0.6 is 0 Å². The van der Waals surface area contributed by atoms with Gasteiger partial charge in [0, 0.05) is 56.6 Å². The number of benzene rings is 1. The average molecular weight is 559 g/mol. The highest BCUT2D eigenvalue weighted by Crippen LogP contribution is 2.35. The number of halogens is 1. The molecule has 5 heterocycles. The highest BCUT2D eigenvalue weighted by atomic mass is 19.1. The molecule has 0 aliphatic carbocycles. The number of likely N-dealkylation sites (tertiary alicyclic amines) is 1. The van der Waals surface area contributed by atoms with Crippen LogP contribution < -0.4 is 15.4 Å². The standard InChI is InChI=1S/C29H31FN8O3/c1-2-25(39)38-11-6-18(7-12-38)27-26-28(32-17-33-29(26)37-36-27)35-23-4-3-20(15-22(23)30)41-21-5-10-31-24(16-21)34-19-8-13-40-14-9-19/h2-5,10,15-19H,1,6-9,11-14H2,(H,31,34)(H2,32,33,35,36,37). The van der Waals surface area contributed by atoms with E-state index < -0.39 is 5.82 Å². The summed E-state index contributed by atoms with van der Waals surface area (Å²) in [6.07, 6.45) is 7.73. The fraction of sp³-hybridized carbons (Fsp3) is 0.345. The third kappa shape index (κ3) is 5.97. The first-order valence-corrected chi connectivity index (χ1v) is 13.7. The van der Waals surface area contributed by atoms with Crippen LogP contribution in [0.4, 0.5) is 21.7 Å². The van der Waals surface area contributed by atoms with Gasteiger partial charge in [0.2, 0.25) is 5.91 Å². The van der Waals surface area contributed by atoms with Crippen molar-refractivity contribution in [2.45, 2.75) is 37.6 Å². The number of carbonyl (C=O) groups is 1. The van der Waals surface area contributed by atoms with Crippen LogP contribution in [0.5, 0.6) is 11.5 Å². The van der Waals surface area contributed by atoms with Crippen LogP contribution in [0.25, 0.3) is 11.0 Å². The molecule has 212 valence electrons. The lowest BCUT2D eigenvalue weighted by Gasteiger charge is -2.30. The number of nitrogens with zero attached hydrogens (tertiary/aromatic N) is 5. The normalized spacial score (nSPS) is 16.5. The number of hydrogen-bond acceptors (Lipinski definition) is 9. The van der Waals surface area contributed by atoms with Gasteiger partial charge in [-0.25, -0.2) is 19.3 Å². The predicted molar refractivity (Wildman–Crippen MR) is 152 cm³/mol. The Bertz CT molecular complexity index is 1550. The fourth-order valence-corrected chi connectivity index (χ4v) is 5.30. The molecule has 41 heavy (non-hydrogen) atoms. The third-order valence-electron chi connectivity index (χ3n) is 7.49. The Balaban J connectivity index is 1.16. The van der Waals surface area contributed by atoms with Gasteiger partial charge in [-0.1, -0.05) is 6.58 Å². The average Bonchev–Trinajstić information content (AvgIpc) is 3.44. The maximum Gasteiger partial charge on any atom is 0.245 e. The van der Waals surface area contributed by atoms with E-state index in [1.54, 1.807) is 35.4 Å². The molecule has 0 bridgehead atoms. The molecule has 1 amide bonds. The monoisotopic (exact) mass is 558 g/mol. The molecule has 3 aromatic heterocycles. The van der Waals surface area contributed by atoms with Crippen LogP contribution in [0.2, 0.25) is 0 Å². The summed E-state index contributed by atoms with van der Waals surface area (Å²) in [6, 6.07) is 8.46. The lowest BCUT2D eigenvalue weighted by atomic mass is 9.92. The second kappa shape index (κ2) is 11.9. The number of fused-ring (bicyclic) bond motifs is 1. The Kier molecular flexibility index (Phi) is 7.72. The van der Waals surface area contributed by atoms with E-state index in [0.29, 0.717) is 53.3 Å². The smallest absolute Gasteiger partial charge is 0.245 e.